The number of likely N-dealkylation sites (N-methyl/N-ethyl adjacent to an activating group) is 1. The molecular formula is C15H20N2O3. The molecule has 1 fully saturated rings. The van der Waals surface area contributed by atoms with E-state index in [4.69, 9.17) is 0 Å². The van der Waals surface area contributed by atoms with Crippen LogP contribution in [-0.2, 0) is 11.2 Å². The molecule has 108 valence electrons. The number of carbonyl (C=O) groups is 1. The minimum atomic E-state index is -0.428. The molecule has 1 amide bonds. The van der Waals surface area contributed by atoms with Gasteiger partial charge in [0.1, 0.15) is 0 Å². The molecule has 0 radical (unpaired) electrons. The first kappa shape index (κ1) is 14.5. The molecule has 20 heavy (non-hydrogen) atoms. The summed E-state index contributed by atoms with van der Waals surface area (Å²) in [7, 11) is 0. The summed E-state index contributed by atoms with van der Waals surface area (Å²) in [6.45, 7) is 2.74. The van der Waals surface area contributed by atoms with E-state index in [9.17, 15) is 14.9 Å². The van der Waals surface area contributed by atoms with Gasteiger partial charge < -0.3 is 4.90 Å². The summed E-state index contributed by atoms with van der Waals surface area (Å²) in [4.78, 5) is 24.5. The summed E-state index contributed by atoms with van der Waals surface area (Å²) in [5, 5.41) is 10.6. The van der Waals surface area contributed by atoms with Crippen LogP contribution in [0.2, 0.25) is 0 Å². The molecule has 1 saturated carbocycles. The molecule has 0 spiro atoms. The van der Waals surface area contributed by atoms with Crippen molar-refractivity contribution in [3.8, 4) is 0 Å². The van der Waals surface area contributed by atoms with Gasteiger partial charge in [0.2, 0.25) is 5.91 Å². The summed E-state index contributed by atoms with van der Waals surface area (Å²) in [6.07, 6.45) is 4.92. The fourth-order valence-corrected chi connectivity index (χ4v) is 2.87. The highest BCUT2D eigenvalue weighted by Crippen LogP contribution is 2.24. The topological polar surface area (TPSA) is 63.5 Å². The SMILES string of the molecule is CCN(C(=O)Cc1ccc([N+](=O)[O-])cc1)C1CCCC1. The second kappa shape index (κ2) is 6.50. The van der Waals surface area contributed by atoms with Crippen molar-refractivity contribution in [2.24, 2.45) is 0 Å². The number of nitro groups is 1. The quantitative estimate of drug-likeness (QED) is 0.613. The predicted octanol–water partition coefficient (Wildman–Crippen LogP) is 2.93. The van der Waals surface area contributed by atoms with Crippen LogP contribution in [0.5, 0.6) is 0 Å². The maximum atomic E-state index is 12.3. The Labute approximate surface area is 118 Å². The molecule has 0 atom stereocenters. The third-order valence-electron chi connectivity index (χ3n) is 3.93. The van der Waals surface area contributed by atoms with E-state index < -0.39 is 4.92 Å². The van der Waals surface area contributed by atoms with Gasteiger partial charge in [0, 0.05) is 24.7 Å². The van der Waals surface area contributed by atoms with Gasteiger partial charge in [-0.25, -0.2) is 0 Å². The van der Waals surface area contributed by atoms with Gasteiger partial charge in [-0.05, 0) is 25.3 Å². The van der Waals surface area contributed by atoms with Crippen LogP contribution in [0.3, 0.4) is 0 Å². The van der Waals surface area contributed by atoms with Crippen LogP contribution in [0.15, 0.2) is 24.3 Å². The number of nitrogens with zero attached hydrogens (tertiary/aromatic N) is 2. The molecule has 0 saturated heterocycles. The maximum absolute atomic E-state index is 12.3. The van der Waals surface area contributed by atoms with Gasteiger partial charge in [0.25, 0.3) is 5.69 Å². The Hall–Kier alpha value is -1.91. The third kappa shape index (κ3) is 3.35. The van der Waals surface area contributed by atoms with E-state index in [1.54, 1.807) is 12.1 Å². The highest BCUT2D eigenvalue weighted by atomic mass is 16.6. The van der Waals surface area contributed by atoms with Gasteiger partial charge in [0.05, 0.1) is 11.3 Å². The highest BCUT2D eigenvalue weighted by Gasteiger charge is 2.25. The van der Waals surface area contributed by atoms with Gasteiger partial charge in [-0.2, -0.15) is 0 Å². The molecule has 2 rings (SSSR count). The molecule has 0 unspecified atom stereocenters. The maximum Gasteiger partial charge on any atom is 0.269 e. The first-order chi connectivity index (χ1) is 9.61. The van der Waals surface area contributed by atoms with Crippen molar-refractivity contribution in [2.45, 2.75) is 45.1 Å². The zero-order valence-corrected chi connectivity index (χ0v) is 11.7. The van der Waals surface area contributed by atoms with Crippen LogP contribution in [0.1, 0.15) is 38.2 Å². The molecule has 0 N–H and O–H groups in total. The van der Waals surface area contributed by atoms with Crippen molar-refractivity contribution >= 4 is 11.6 Å². The summed E-state index contributed by atoms with van der Waals surface area (Å²) >= 11 is 0. The lowest BCUT2D eigenvalue weighted by atomic mass is 10.1. The first-order valence-electron chi connectivity index (χ1n) is 7.14. The van der Waals surface area contributed by atoms with E-state index in [1.165, 1.54) is 25.0 Å². The van der Waals surface area contributed by atoms with E-state index in [-0.39, 0.29) is 11.6 Å². The number of hydrogen-bond donors (Lipinski definition) is 0. The lowest BCUT2D eigenvalue weighted by Gasteiger charge is -2.27. The monoisotopic (exact) mass is 276 g/mol. The second-order valence-corrected chi connectivity index (χ2v) is 5.22. The van der Waals surface area contributed by atoms with Gasteiger partial charge in [0.15, 0.2) is 0 Å². The second-order valence-electron chi connectivity index (χ2n) is 5.22. The molecule has 5 heteroatoms. The molecule has 1 aromatic rings. The van der Waals surface area contributed by atoms with E-state index >= 15 is 0 Å². The fourth-order valence-electron chi connectivity index (χ4n) is 2.87. The number of amides is 1. The molecule has 0 heterocycles. The largest absolute Gasteiger partial charge is 0.340 e. The molecule has 1 aliphatic rings. The van der Waals surface area contributed by atoms with Gasteiger partial charge in [-0.1, -0.05) is 25.0 Å². The van der Waals surface area contributed by atoms with Crippen LogP contribution in [0.25, 0.3) is 0 Å². The number of hydrogen-bond acceptors (Lipinski definition) is 3. The van der Waals surface area contributed by atoms with Crippen LogP contribution in [-0.4, -0.2) is 28.3 Å². The van der Waals surface area contributed by atoms with E-state index in [1.807, 2.05) is 11.8 Å². The standard InChI is InChI=1S/C15H20N2O3/c1-2-16(13-5-3-4-6-13)15(18)11-12-7-9-14(10-8-12)17(19)20/h7-10,13H,2-6,11H2,1H3. The van der Waals surface area contributed by atoms with Crippen LogP contribution >= 0.6 is 0 Å². The summed E-state index contributed by atoms with van der Waals surface area (Å²) < 4.78 is 0. The Morgan fingerprint density at radius 2 is 1.90 bits per heavy atom. The zero-order valence-electron chi connectivity index (χ0n) is 11.7. The lowest BCUT2D eigenvalue weighted by Crippen LogP contribution is -2.39. The molecule has 0 aliphatic heterocycles. The first-order valence-corrected chi connectivity index (χ1v) is 7.14. The number of carbonyl (C=O) groups excluding carboxylic acids is 1. The minimum Gasteiger partial charge on any atom is -0.340 e. The Kier molecular flexibility index (Phi) is 4.71. The van der Waals surface area contributed by atoms with Crippen molar-refractivity contribution in [2.75, 3.05) is 6.54 Å². The van der Waals surface area contributed by atoms with E-state index in [0.717, 1.165) is 24.9 Å². The van der Waals surface area contributed by atoms with Gasteiger partial charge in [-0.15, -0.1) is 0 Å². The summed E-state index contributed by atoms with van der Waals surface area (Å²) in [6, 6.07) is 6.62. The predicted molar refractivity (Wildman–Crippen MR) is 76.4 cm³/mol. The molecule has 5 nitrogen and oxygen atoms in total. The van der Waals surface area contributed by atoms with Crippen LogP contribution in [0, 0.1) is 10.1 Å². The normalized spacial score (nSPS) is 15.2. The molecule has 1 aromatic carbocycles. The summed E-state index contributed by atoms with van der Waals surface area (Å²) in [5.74, 6) is 0.119. The molecule has 0 bridgehead atoms. The van der Waals surface area contributed by atoms with Crippen molar-refractivity contribution in [1.82, 2.24) is 4.90 Å². The van der Waals surface area contributed by atoms with Crippen LogP contribution in [0.4, 0.5) is 5.69 Å². The zero-order chi connectivity index (χ0) is 14.5. The molecule has 0 aromatic heterocycles. The average molecular weight is 276 g/mol. The van der Waals surface area contributed by atoms with Crippen molar-refractivity contribution in [3.05, 3.63) is 39.9 Å². The minimum absolute atomic E-state index is 0.0596. The number of benzene rings is 1. The molecule has 1 aliphatic carbocycles. The smallest absolute Gasteiger partial charge is 0.269 e. The lowest BCUT2D eigenvalue weighted by molar-refractivity contribution is -0.384. The highest BCUT2D eigenvalue weighted by molar-refractivity contribution is 5.79. The number of non-ortho nitro benzene ring substituents is 1. The van der Waals surface area contributed by atoms with Gasteiger partial charge >= 0.3 is 0 Å². The van der Waals surface area contributed by atoms with Gasteiger partial charge in [-0.3, -0.25) is 14.9 Å². The average Bonchev–Trinajstić information content (AvgIpc) is 2.94. The van der Waals surface area contributed by atoms with Crippen molar-refractivity contribution in [3.63, 3.8) is 0 Å². The Bertz CT molecular complexity index is 478. The fraction of sp³-hybridized carbons (Fsp3) is 0.533. The molecular weight excluding hydrogens is 256 g/mol. The Morgan fingerprint density at radius 3 is 2.40 bits per heavy atom. The van der Waals surface area contributed by atoms with Crippen LogP contribution < -0.4 is 0 Å². The van der Waals surface area contributed by atoms with E-state index in [0.29, 0.717) is 12.5 Å². The Balaban J connectivity index is 2.00. The number of rotatable bonds is 5. The van der Waals surface area contributed by atoms with Crippen molar-refractivity contribution in [1.29, 1.82) is 0 Å². The van der Waals surface area contributed by atoms with E-state index in [2.05, 4.69) is 0 Å². The third-order valence-corrected chi connectivity index (χ3v) is 3.93. The Morgan fingerprint density at radius 1 is 1.30 bits per heavy atom. The summed E-state index contributed by atoms with van der Waals surface area (Å²) in [5.41, 5.74) is 0.890. The number of nitro benzene ring substituents is 1. The van der Waals surface area contributed by atoms with Crippen molar-refractivity contribution < 1.29 is 9.72 Å².